The van der Waals surface area contributed by atoms with Gasteiger partial charge in [0.25, 0.3) is 0 Å². The first-order valence-electron chi connectivity index (χ1n) is 17.3. The Kier molecular flexibility index (Phi) is 5.96. The number of furan rings is 2. The number of para-hydroxylation sites is 2. The third-order valence-electron chi connectivity index (χ3n) is 10.4. The first kappa shape index (κ1) is 28.0. The lowest BCUT2D eigenvalue weighted by Gasteiger charge is -2.26. The van der Waals surface area contributed by atoms with Crippen LogP contribution in [0.15, 0.2) is 185 Å². The molecule has 0 unspecified atom stereocenters. The summed E-state index contributed by atoms with van der Waals surface area (Å²) in [5.74, 6) is 0. The highest BCUT2D eigenvalue weighted by molar-refractivity contribution is 6.18. The van der Waals surface area contributed by atoms with Crippen LogP contribution in [-0.4, -0.2) is 0 Å². The molecule has 51 heavy (non-hydrogen) atoms. The van der Waals surface area contributed by atoms with Crippen LogP contribution >= 0.6 is 0 Å². The highest BCUT2D eigenvalue weighted by Gasteiger charge is 2.18. The zero-order chi connectivity index (χ0) is 33.5. The average molecular weight is 652 g/mol. The molecule has 0 fully saturated rings. The highest BCUT2D eigenvalue weighted by Crippen LogP contribution is 2.42. The Labute approximate surface area is 293 Å². The molecule has 9 aromatic carbocycles. The Morgan fingerprint density at radius 1 is 0.275 bits per heavy atom. The Bertz CT molecular complexity index is 3030. The Morgan fingerprint density at radius 2 is 0.745 bits per heavy atom. The molecule has 3 heteroatoms. The Balaban J connectivity index is 1.06. The van der Waals surface area contributed by atoms with Gasteiger partial charge in [0.2, 0.25) is 0 Å². The van der Waals surface area contributed by atoms with Crippen molar-refractivity contribution in [3.63, 3.8) is 0 Å². The minimum atomic E-state index is 0.878. The van der Waals surface area contributed by atoms with Gasteiger partial charge >= 0.3 is 0 Å². The lowest BCUT2D eigenvalue weighted by atomic mass is 9.94. The third kappa shape index (κ3) is 4.38. The number of rotatable bonds is 4. The van der Waals surface area contributed by atoms with Crippen LogP contribution in [-0.2, 0) is 0 Å². The van der Waals surface area contributed by atoms with Gasteiger partial charge in [-0.3, -0.25) is 0 Å². The molecule has 11 aromatic rings. The predicted octanol–water partition coefficient (Wildman–Crippen LogP) is 14.1. The van der Waals surface area contributed by atoms with Crippen molar-refractivity contribution in [2.75, 3.05) is 4.90 Å². The Hall–Kier alpha value is -6.84. The number of benzene rings is 9. The monoisotopic (exact) mass is 651 g/mol. The topological polar surface area (TPSA) is 29.5 Å². The van der Waals surface area contributed by atoms with E-state index in [2.05, 4.69) is 157 Å². The summed E-state index contributed by atoms with van der Waals surface area (Å²) in [5.41, 5.74) is 9.08. The van der Waals surface area contributed by atoms with E-state index in [0.717, 1.165) is 60.9 Å². The van der Waals surface area contributed by atoms with Crippen molar-refractivity contribution in [1.82, 2.24) is 0 Å². The molecule has 0 amide bonds. The van der Waals surface area contributed by atoms with Crippen LogP contribution in [0.3, 0.4) is 0 Å². The number of fused-ring (bicyclic) bond motifs is 11. The molecular formula is C48H29NO2. The van der Waals surface area contributed by atoms with Gasteiger partial charge in [-0.2, -0.15) is 0 Å². The van der Waals surface area contributed by atoms with E-state index in [1.54, 1.807) is 0 Å². The van der Waals surface area contributed by atoms with Crippen LogP contribution in [0.1, 0.15) is 0 Å². The smallest absolute Gasteiger partial charge is 0.135 e. The van der Waals surface area contributed by atoms with Gasteiger partial charge in [0, 0.05) is 38.6 Å². The minimum absolute atomic E-state index is 0.878. The van der Waals surface area contributed by atoms with Gasteiger partial charge < -0.3 is 13.7 Å². The van der Waals surface area contributed by atoms with Gasteiger partial charge in [0.05, 0.1) is 0 Å². The van der Waals surface area contributed by atoms with Crippen LogP contribution in [0.4, 0.5) is 17.1 Å². The van der Waals surface area contributed by atoms with Crippen molar-refractivity contribution < 1.29 is 8.83 Å². The molecule has 2 aromatic heterocycles. The maximum atomic E-state index is 6.21. The van der Waals surface area contributed by atoms with E-state index >= 15 is 0 Å². The van der Waals surface area contributed by atoms with Crippen molar-refractivity contribution in [2.24, 2.45) is 0 Å². The fraction of sp³-hybridized carbons (Fsp3) is 0. The van der Waals surface area contributed by atoms with E-state index in [4.69, 9.17) is 8.83 Å². The van der Waals surface area contributed by atoms with Gasteiger partial charge in [0.15, 0.2) is 0 Å². The van der Waals surface area contributed by atoms with E-state index in [9.17, 15) is 0 Å². The second-order valence-electron chi connectivity index (χ2n) is 13.3. The van der Waals surface area contributed by atoms with E-state index < -0.39 is 0 Å². The molecule has 0 aliphatic rings. The fourth-order valence-electron chi connectivity index (χ4n) is 7.95. The zero-order valence-electron chi connectivity index (χ0n) is 27.5. The minimum Gasteiger partial charge on any atom is -0.456 e. The first-order valence-corrected chi connectivity index (χ1v) is 17.3. The largest absolute Gasteiger partial charge is 0.456 e. The lowest BCUT2D eigenvalue weighted by Crippen LogP contribution is -2.09. The van der Waals surface area contributed by atoms with Crippen molar-refractivity contribution in [3.8, 4) is 11.1 Å². The van der Waals surface area contributed by atoms with Gasteiger partial charge in [-0.1, -0.05) is 109 Å². The van der Waals surface area contributed by atoms with E-state index in [-0.39, 0.29) is 0 Å². The fourth-order valence-corrected chi connectivity index (χ4v) is 7.95. The van der Waals surface area contributed by atoms with Crippen LogP contribution in [0, 0.1) is 0 Å². The van der Waals surface area contributed by atoms with Gasteiger partial charge in [0.1, 0.15) is 22.3 Å². The normalized spacial score (nSPS) is 11.9. The zero-order valence-corrected chi connectivity index (χ0v) is 27.5. The molecule has 0 atom stereocenters. The summed E-state index contributed by atoms with van der Waals surface area (Å²) in [6, 6.07) is 62.8. The van der Waals surface area contributed by atoms with Crippen molar-refractivity contribution in [2.45, 2.75) is 0 Å². The molecule has 11 rings (SSSR count). The molecule has 2 heterocycles. The molecule has 238 valence electrons. The van der Waals surface area contributed by atoms with Crippen LogP contribution in [0.25, 0.3) is 87.3 Å². The van der Waals surface area contributed by atoms with E-state index in [1.807, 2.05) is 24.3 Å². The van der Waals surface area contributed by atoms with Crippen LogP contribution in [0.2, 0.25) is 0 Å². The van der Waals surface area contributed by atoms with Crippen molar-refractivity contribution in [1.29, 1.82) is 0 Å². The van der Waals surface area contributed by atoms with Gasteiger partial charge in [-0.15, -0.1) is 0 Å². The summed E-state index contributed by atoms with van der Waals surface area (Å²) in [7, 11) is 0. The summed E-state index contributed by atoms with van der Waals surface area (Å²) in [4.78, 5) is 2.32. The molecule has 0 radical (unpaired) electrons. The molecule has 3 nitrogen and oxygen atoms in total. The molecule has 0 bridgehead atoms. The second kappa shape index (κ2) is 10.8. The first-order chi connectivity index (χ1) is 25.2. The third-order valence-corrected chi connectivity index (χ3v) is 10.4. The molecule has 0 aliphatic heterocycles. The Morgan fingerprint density at radius 3 is 1.39 bits per heavy atom. The summed E-state index contributed by atoms with van der Waals surface area (Å²) < 4.78 is 12.4. The molecule has 0 saturated heterocycles. The maximum absolute atomic E-state index is 6.21. The van der Waals surface area contributed by atoms with Crippen LogP contribution < -0.4 is 4.90 Å². The van der Waals surface area contributed by atoms with Gasteiger partial charge in [-0.05, 0) is 110 Å². The number of hydrogen-bond acceptors (Lipinski definition) is 3. The lowest BCUT2D eigenvalue weighted by molar-refractivity contribution is 0.668. The van der Waals surface area contributed by atoms with Crippen molar-refractivity contribution >= 4 is 93.3 Å². The molecule has 0 spiro atoms. The van der Waals surface area contributed by atoms with E-state index in [0.29, 0.717) is 0 Å². The molecule has 0 N–H and O–H groups in total. The summed E-state index contributed by atoms with van der Waals surface area (Å²) in [6.07, 6.45) is 0. The summed E-state index contributed by atoms with van der Waals surface area (Å²) >= 11 is 0. The maximum Gasteiger partial charge on any atom is 0.135 e. The van der Waals surface area contributed by atoms with Gasteiger partial charge in [-0.25, -0.2) is 0 Å². The summed E-state index contributed by atoms with van der Waals surface area (Å²) in [6.45, 7) is 0. The SMILES string of the molecule is c1ccc2c(c1)ccc1c3cc(-c4ccc(N(c5ccc6oc7ccccc7c6c5)c5ccc6oc7ccccc7c6c5)cc4)ccc3ccc21. The number of nitrogens with zero attached hydrogens (tertiary/aromatic N) is 1. The summed E-state index contributed by atoms with van der Waals surface area (Å²) in [5, 5.41) is 12.0. The number of hydrogen-bond donors (Lipinski definition) is 0. The number of anilines is 3. The van der Waals surface area contributed by atoms with E-state index in [1.165, 1.54) is 43.4 Å². The molecular weight excluding hydrogens is 623 g/mol. The molecule has 0 aliphatic carbocycles. The standard InChI is InChI=1S/C48H29NO2/c1-2-8-37-31(7-1)17-24-39-38(37)23-18-32-13-14-33(27-42(32)39)30-15-19-34(20-16-30)49(35-21-25-47-43(28-35)40-9-3-5-11-45(40)50-47)36-22-26-48-44(29-36)41-10-4-6-12-46(41)51-48/h1-29H. The highest BCUT2D eigenvalue weighted by atomic mass is 16.3. The second-order valence-corrected chi connectivity index (χ2v) is 13.3. The average Bonchev–Trinajstić information content (AvgIpc) is 3.76. The molecule has 0 saturated carbocycles. The van der Waals surface area contributed by atoms with Crippen molar-refractivity contribution in [3.05, 3.63) is 176 Å². The van der Waals surface area contributed by atoms with Crippen LogP contribution in [0.5, 0.6) is 0 Å². The quantitative estimate of drug-likeness (QED) is 0.177. The predicted molar refractivity (Wildman–Crippen MR) is 214 cm³/mol.